The molecule has 192 valence electrons. The molecule has 9 nitrogen and oxygen atoms in total. The number of ether oxygens (including phenoxy) is 2. The largest absolute Gasteiger partial charge is 0.480 e. The molecule has 2 aromatic carbocycles. The topological polar surface area (TPSA) is 107 Å². The molecule has 2 aromatic heterocycles. The third kappa shape index (κ3) is 5.21. The van der Waals surface area contributed by atoms with Gasteiger partial charge < -0.3 is 24.1 Å². The van der Waals surface area contributed by atoms with Gasteiger partial charge in [0, 0.05) is 42.0 Å². The van der Waals surface area contributed by atoms with Crippen LogP contribution in [0, 0.1) is 11.8 Å². The van der Waals surface area contributed by atoms with E-state index in [4.69, 9.17) is 13.9 Å². The van der Waals surface area contributed by atoms with Crippen LogP contribution in [-0.4, -0.2) is 48.7 Å². The molecule has 0 aliphatic carbocycles. The summed E-state index contributed by atoms with van der Waals surface area (Å²) in [6.45, 7) is 5.62. The van der Waals surface area contributed by atoms with Crippen LogP contribution in [0.4, 0.5) is 17.3 Å². The number of nitrogens with zero attached hydrogens (tertiary/aromatic N) is 3. The first-order chi connectivity index (χ1) is 18.5. The fourth-order valence-corrected chi connectivity index (χ4v) is 4.38. The monoisotopic (exact) mass is 510 g/mol. The number of benzene rings is 2. The molecule has 0 amide bonds. The van der Waals surface area contributed by atoms with Crippen LogP contribution in [0.25, 0.3) is 22.2 Å². The lowest BCUT2D eigenvalue weighted by atomic mass is 10.1. The Balaban J connectivity index is 1.48. The number of carbonyl (C=O) groups is 1. The first kappa shape index (κ1) is 25.0. The summed E-state index contributed by atoms with van der Waals surface area (Å²) >= 11 is 0. The molecule has 3 heterocycles. The quantitative estimate of drug-likeness (QED) is 0.219. The number of hydrogen-bond donors (Lipinski definition) is 1. The van der Waals surface area contributed by atoms with E-state index in [1.54, 1.807) is 25.3 Å². The molecule has 4 aromatic rings. The van der Waals surface area contributed by atoms with Crippen molar-refractivity contribution in [3.05, 3.63) is 70.7 Å². The van der Waals surface area contributed by atoms with Gasteiger partial charge in [0.1, 0.15) is 23.5 Å². The number of carbonyl (C=O) groups excluding carboxylic acids is 1. The number of morpholine rings is 1. The van der Waals surface area contributed by atoms with Crippen molar-refractivity contribution in [3.63, 3.8) is 0 Å². The van der Waals surface area contributed by atoms with Crippen LogP contribution in [0.1, 0.15) is 24.2 Å². The average molecular weight is 511 g/mol. The van der Waals surface area contributed by atoms with Gasteiger partial charge in [0.2, 0.25) is 5.95 Å². The van der Waals surface area contributed by atoms with Crippen molar-refractivity contribution in [1.29, 1.82) is 0 Å². The normalized spacial score (nSPS) is 13.1. The van der Waals surface area contributed by atoms with Gasteiger partial charge in [0.25, 0.3) is 0 Å². The van der Waals surface area contributed by atoms with Crippen LogP contribution in [0.15, 0.2) is 63.9 Å². The van der Waals surface area contributed by atoms with E-state index in [0.717, 1.165) is 5.56 Å². The number of ketones is 1. The lowest BCUT2D eigenvalue weighted by Crippen LogP contribution is -2.38. The number of aromatic nitrogens is 2. The van der Waals surface area contributed by atoms with Crippen LogP contribution in [0.2, 0.25) is 0 Å². The third-order valence-corrected chi connectivity index (χ3v) is 6.11. The lowest BCUT2D eigenvalue weighted by molar-refractivity contribution is 0.101. The molecule has 0 radical (unpaired) electrons. The summed E-state index contributed by atoms with van der Waals surface area (Å²) in [6, 6.07) is 14.8. The van der Waals surface area contributed by atoms with E-state index in [1.807, 2.05) is 41.3 Å². The number of para-hydroxylation sites is 1. The van der Waals surface area contributed by atoms with Crippen molar-refractivity contribution in [1.82, 2.24) is 9.97 Å². The summed E-state index contributed by atoms with van der Waals surface area (Å²) < 4.78 is 16.8. The molecule has 0 bridgehead atoms. The van der Waals surface area contributed by atoms with Crippen LogP contribution < -0.4 is 20.6 Å². The van der Waals surface area contributed by atoms with Gasteiger partial charge in [-0.3, -0.25) is 4.79 Å². The zero-order valence-corrected chi connectivity index (χ0v) is 21.1. The highest BCUT2D eigenvalue weighted by Gasteiger charge is 2.24. The van der Waals surface area contributed by atoms with Crippen molar-refractivity contribution in [2.24, 2.45) is 0 Å². The molecule has 1 fully saturated rings. The summed E-state index contributed by atoms with van der Waals surface area (Å²) in [5, 5.41) is 3.86. The van der Waals surface area contributed by atoms with Crippen LogP contribution in [0.5, 0.6) is 5.75 Å². The molecule has 0 spiro atoms. The van der Waals surface area contributed by atoms with Crippen LogP contribution in [-0.2, 0) is 4.74 Å². The van der Waals surface area contributed by atoms with Crippen molar-refractivity contribution < 1.29 is 18.7 Å². The van der Waals surface area contributed by atoms with E-state index in [9.17, 15) is 9.59 Å². The molecule has 1 saturated heterocycles. The maximum Gasteiger partial charge on any atom is 0.349 e. The summed E-state index contributed by atoms with van der Waals surface area (Å²) in [4.78, 5) is 36.2. The minimum atomic E-state index is -0.661. The third-order valence-electron chi connectivity index (χ3n) is 6.11. The molecule has 1 aliphatic rings. The zero-order valence-electron chi connectivity index (χ0n) is 21.1. The number of nitrogens with one attached hydrogen (secondary N) is 1. The lowest BCUT2D eigenvalue weighted by Gasteiger charge is -2.30. The highest BCUT2D eigenvalue weighted by atomic mass is 16.5. The van der Waals surface area contributed by atoms with Gasteiger partial charge in [-0.15, -0.1) is 5.92 Å². The van der Waals surface area contributed by atoms with Crippen LogP contribution >= 0.6 is 0 Å². The number of rotatable bonds is 7. The zero-order chi connectivity index (χ0) is 26.5. The second-order valence-corrected chi connectivity index (χ2v) is 8.58. The highest BCUT2D eigenvalue weighted by molar-refractivity contribution is 6.07. The second-order valence-electron chi connectivity index (χ2n) is 8.58. The fourth-order valence-electron chi connectivity index (χ4n) is 4.38. The Bertz CT molecular complexity index is 1610. The molecule has 0 saturated carbocycles. The summed E-state index contributed by atoms with van der Waals surface area (Å²) in [5.41, 5.74) is 2.46. The highest BCUT2D eigenvalue weighted by Crippen LogP contribution is 2.33. The molecular weight excluding hydrogens is 484 g/mol. The Morgan fingerprint density at radius 3 is 2.76 bits per heavy atom. The van der Waals surface area contributed by atoms with Gasteiger partial charge in [-0.2, -0.15) is 0 Å². The molecule has 38 heavy (non-hydrogen) atoms. The van der Waals surface area contributed by atoms with Gasteiger partial charge in [-0.05, 0) is 44.2 Å². The standard InChI is InChI=1S/C29H26N4O5/c1-3-4-15-37-24-8-6-5-7-21(24)23-11-12-30-29(32-23)31-20-9-10-22-25(18-20)38-28(35)26(19(2)34)27(22)33-13-16-36-17-14-33/h5-12,18H,13-17H2,1-2H3,(H,30,31,32). The average Bonchev–Trinajstić information content (AvgIpc) is 2.93. The Labute approximate surface area is 219 Å². The smallest absolute Gasteiger partial charge is 0.349 e. The molecular formula is C29H26N4O5. The van der Waals surface area contributed by atoms with Crippen LogP contribution in [0.3, 0.4) is 0 Å². The van der Waals surface area contributed by atoms with Crippen molar-refractivity contribution >= 4 is 34.1 Å². The van der Waals surface area contributed by atoms with Gasteiger partial charge in [0.15, 0.2) is 5.78 Å². The van der Waals surface area contributed by atoms with Gasteiger partial charge in [-0.25, -0.2) is 14.8 Å². The number of hydrogen-bond acceptors (Lipinski definition) is 9. The summed E-state index contributed by atoms with van der Waals surface area (Å²) in [6.07, 6.45) is 1.66. The summed E-state index contributed by atoms with van der Waals surface area (Å²) in [5.74, 6) is 6.41. The number of fused-ring (bicyclic) bond motifs is 1. The maximum absolute atomic E-state index is 12.8. The predicted octanol–water partition coefficient (Wildman–Crippen LogP) is 4.43. The van der Waals surface area contributed by atoms with Crippen molar-refractivity contribution in [2.45, 2.75) is 13.8 Å². The van der Waals surface area contributed by atoms with Crippen molar-refractivity contribution in [2.75, 3.05) is 43.1 Å². The Hall–Kier alpha value is -4.68. The van der Waals surface area contributed by atoms with E-state index < -0.39 is 5.63 Å². The SMILES string of the molecule is CC#CCOc1ccccc1-c1ccnc(Nc2ccc3c(N4CCOCC4)c(C(C)=O)c(=O)oc3c2)n1. The fraction of sp³-hybridized carbons (Fsp3) is 0.241. The first-order valence-corrected chi connectivity index (χ1v) is 12.2. The molecule has 1 N–H and O–H groups in total. The first-order valence-electron chi connectivity index (χ1n) is 12.2. The van der Waals surface area contributed by atoms with Gasteiger partial charge >= 0.3 is 5.63 Å². The number of Topliss-reactive ketones (excluding diaryl/α,β-unsaturated/α-hetero) is 1. The molecule has 0 unspecified atom stereocenters. The molecule has 5 rings (SSSR count). The Morgan fingerprint density at radius 1 is 1.16 bits per heavy atom. The Kier molecular flexibility index (Phi) is 7.33. The minimum Gasteiger partial charge on any atom is -0.480 e. The van der Waals surface area contributed by atoms with Gasteiger partial charge in [0.05, 0.1) is 24.6 Å². The van der Waals surface area contributed by atoms with E-state index in [1.165, 1.54) is 6.92 Å². The predicted molar refractivity (Wildman–Crippen MR) is 145 cm³/mol. The van der Waals surface area contributed by atoms with E-state index >= 15 is 0 Å². The minimum absolute atomic E-state index is 0.0574. The molecule has 0 atom stereocenters. The molecule has 9 heteroatoms. The van der Waals surface area contributed by atoms with E-state index in [2.05, 4.69) is 27.1 Å². The van der Waals surface area contributed by atoms with E-state index in [-0.39, 0.29) is 18.0 Å². The second kappa shape index (κ2) is 11.2. The summed E-state index contributed by atoms with van der Waals surface area (Å²) in [7, 11) is 0. The van der Waals surface area contributed by atoms with Crippen molar-refractivity contribution in [3.8, 4) is 28.8 Å². The van der Waals surface area contributed by atoms with Gasteiger partial charge in [-0.1, -0.05) is 18.1 Å². The maximum atomic E-state index is 12.8. The Morgan fingerprint density at radius 2 is 1.97 bits per heavy atom. The molecule has 1 aliphatic heterocycles. The van der Waals surface area contributed by atoms with E-state index in [0.29, 0.717) is 66.0 Å². The number of anilines is 3.